The van der Waals surface area contributed by atoms with Crippen molar-refractivity contribution >= 4 is 29.9 Å². The Labute approximate surface area is 131 Å². The van der Waals surface area contributed by atoms with E-state index in [1.807, 2.05) is 37.3 Å². The number of carbonyl (C=O) groups is 2. The van der Waals surface area contributed by atoms with E-state index in [4.69, 9.17) is 5.73 Å². The lowest BCUT2D eigenvalue weighted by atomic mass is 10.2. The van der Waals surface area contributed by atoms with Gasteiger partial charge in [0.2, 0.25) is 11.8 Å². The summed E-state index contributed by atoms with van der Waals surface area (Å²) in [6.45, 7) is 3.41. The van der Waals surface area contributed by atoms with Crippen LogP contribution in [0.2, 0.25) is 0 Å². The maximum atomic E-state index is 12.5. The molecule has 1 aromatic rings. The number of nitrogens with zero attached hydrogens (tertiary/aromatic N) is 2. The molecule has 0 spiro atoms. The molecule has 0 radical (unpaired) electrons. The number of likely N-dealkylation sites (N-methyl/N-ethyl adjacent to an activating group) is 1. The summed E-state index contributed by atoms with van der Waals surface area (Å²) in [5, 5.41) is 0. The van der Waals surface area contributed by atoms with E-state index in [2.05, 4.69) is 0 Å². The van der Waals surface area contributed by atoms with Crippen LogP contribution in [0.1, 0.15) is 19.8 Å². The Bertz CT molecular complexity index is 481. The van der Waals surface area contributed by atoms with Crippen molar-refractivity contribution in [2.45, 2.75) is 25.8 Å². The van der Waals surface area contributed by atoms with Gasteiger partial charge in [0.05, 0.1) is 0 Å². The number of halogens is 1. The van der Waals surface area contributed by atoms with Gasteiger partial charge < -0.3 is 15.5 Å². The van der Waals surface area contributed by atoms with E-state index in [1.165, 1.54) is 0 Å². The maximum absolute atomic E-state index is 12.5. The maximum Gasteiger partial charge on any atom is 0.249 e. The first-order chi connectivity index (χ1) is 9.69. The average molecular weight is 312 g/mol. The van der Waals surface area contributed by atoms with Gasteiger partial charge in [0.25, 0.3) is 0 Å². The van der Waals surface area contributed by atoms with Crippen LogP contribution in [0.3, 0.4) is 0 Å². The monoisotopic (exact) mass is 311 g/mol. The summed E-state index contributed by atoms with van der Waals surface area (Å²) in [6, 6.07) is 9.22. The van der Waals surface area contributed by atoms with Crippen molar-refractivity contribution in [3.8, 4) is 0 Å². The summed E-state index contributed by atoms with van der Waals surface area (Å²) in [4.78, 5) is 27.9. The summed E-state index contributed by atoms with van der Waals surface area (Å²) < 4.78 is 0. The molecule has 5 nitrogen and oxygen atoms in total. The third-order valence-electron chi connectivity index (χ3n) is 3.64. The van der Waals surface area contributed by atoms with Gasteiger partial charge in [-0.2, -0.15) is 0 Å². The highest BCUT2D eigenvalue weighted by molar-refractivity contribution is 6.01. The smallest absolute Gasteiger partial charge is 0.249 e. The number of nitrogens with two attached hydrogens (primary N) is 1. The summed E-state index contributed by atoms with van der Waals surface area (Å²) in [6.07, 6.45) is 0.973. The first-order valence-electron chi connectivity index (χ1n) is 7.05. The zero-order valence-corrected chi connectivity index (χ0v) is 13.0. The van der Waals surface area contributed by atoms with Gasteiger partial charge in [0.15, 0.2) is 0 Å². The number of amides is 2. The molecule has 0 saturated carbocycles. The van der Waals surface area contributed by atoms with Crippen molar-refractivity contribution in [1.29, 1.82) is 0 Å². The molecule has 2 amide bonds. The van der Waals surface area contributed by atoms with Gasteiger partial charge in [-0.05, 0) is 25.5 Å². The van der Waals surface area contributed by atoms with E-state index in [1.54, 1.807) is 9.80 Å². The van der Waals surface area contributed by atoms with E-state index in [0.717, 1.165) is 5.69 Å². The molecule has 21 heavy (non-hydrogen) atoms. The number of anilines is 1. The molecular weight excluding hydrogens is 290 g/mol. The van der Waals surface area contributed by atoms with Gasteiger partial charge in [0, 0.05) is 31.7 Å². The van der Waals surface area contributed by atoms with Crippen LogP contribution in [-0.2, 0) is 9.59 Å². The highest BCUT2D eigenvalue weighted by Crippen LogP contribution is 2.24. The summed E-state index contributed by atoms with van der Waals surface area (Å²) in [7, 11) is 0. The average Bonchev–Trinajstić information content (AvgIpc) is 2.83. The van der Waals surface area contributed by atoms with Gasteiger partial charge >= 0.3 is 0 Å². The minimum atomic E-state index is -0.348. The first kappa shape index (κ1) is 17.5. The fourth-order valence-electron chi connectivity index (χ4n) is 2.66. The molecule has 6 heteroatoms. The predicted octanol–water partition coefficient (Wildman–Crippen LogP) is 1.41. The number of para-hydroxylation sites is 1. The number of hydrogen-bond acceptors (Lipinski definition) is 3. The van der Waals surface area contributed by atoms with E-state index in [-0.39, 0.29) is 30.3 Å². The van der Waals surface area contributed by atoms with Crippen LogP contribution >= 0.6 is 12.4 Å². The Hall–Kier alpha value is -1.59. The van der Waals surface area contributed by atoms with Crippen LogP contribution < -0.4 is 10.6 Å². The van der Waals surface area contributed by atoms with Crippen LogP contribution in [0, 0.1) is 0 Å². The molecule has 116 valence electrons. The van der Waals surface area contributed by atoms with E-state index in [0.29, 0.717) is 32.5 Å². The molecule has 1 fully saturated rings. The van der Waals surface area contributed by atoms with E-state index in [9.17, 15) is 9.59 Å². The summed E-state index contributed by atoms with van der Waals surface area (Å²) in [5.74, 6) is -0.0355. The second kappa shape index (κ2) is 8.00. The van der Waals surface area contributed by atoms with Gasteiger partial charge in [-0.1, -0.05) is 18.2 Å². The molecule has 1 aliphatic heterocycles. The van der Waals surface area contributed by atoms with Crippen molar-refractivity contribution in [2.24, 2.45) is 5.73 Å². The quantitative estimate of drug-likeness (QED) is 0.894. The van der Waals surface area contributed by atoms with Gasteiger partial charge in [-0.15, -0.1) is 12.4 Å². The molecule has 1 aliphatic rings. The lowest BCUT2D eigenvalue weighted by Crippen LogP contribution is -2.45. The van der Waals surface area contributed by atoms with E-state index >= 15 is 0 Å². The van der Waals surface area contributed by atoms with Crippen molar-refractivity contribution in [3.05, 3.63) is 30.3 Å². The zero-order chi connectivity index (χ0) is 14.5. The van der Waals surface area contributed by atoms with Crippen molar-refractivity contribution in [3.63, 3.8) is 0 Å². The fourth-order valence-corrected chi connectivity index (χ4v) is 2.66. The first-order valence-corrected chi connectivity index (χ1v) is 7.05. The molecule has 2 N–H and O–H groups in total. The molecule has 1 unspecified atom stereocenters. The Morgan fingerprint density at radius 2 is 2.05 bits per heavy atom. The van der Waals surface area contributed by atoms with Crippen molar-refractivity contribution < 1.29 is 9.59 Å². The summed E-state index contributed by atoms with van der Waals surface area (Å²) in [5.41, 5.74) is 6.32. The van der Waals surface area contributed by atoms with Crippen LogP contribution in [-0.4, -0.2) is 42.4 Å². The minimum absolute atomic E-state index is 0. The molecular formula is C15H22ClN3O2. The standard InChI is InChI=1S/C15H21N3O2.ClH/c1-2-17(14(19)8-10-16)13-9-11-18(15(13)20)12-6-4-3-5-7-12;/h3-7,13H,2,8-11,16H2,1H3;1H. The third kappa shape index (κ3) is 3.74. The highest BCUT2D eigenvalue weighted by Gasteiger charge is 2.37. The number of carbonyl (C=O) groups excluding carboxylic acids is 2. The Morgan fingerprint density at radius 3 is 2.62 bits per heavy atom. The molecule has 1 heterocycles. The highest BCUT2D eigenvalue weighted by atomic mass is 35.5. The van der Waals surface area contributed by atoms with Crippen molar-refractivity contribution in [1.82, 2.24) is 4.90 Å². The minimum Gasteiger partial charge on any atom is -0.331 e. The SMILES string of the molecule is CCN(C(=O)CCN)C1CCN(c2ccccc2)C1=O.Cl. The number of benzene rings is 1. The molecule has 0 aromatic heterocycles. The Balaban J connectivity index is 0.00000220. The number of rotatable bonds is 5. The van der Waals surface area contributed by atoms with Gasteiger partial charge in [0.1, 0.15) is 6.04 Å². The lowest BCUT2D eigenvalue weighted by molar-refractivity contribution is -0.137. The summed E-state index contributed by atoms with van der Waals surface area (Å²) >= 11 is 0. The van der Waals surface area contributed by atoms with Crippen molar-refractivity contribution in [2.75, 3.05) is 24.5 Å². The molecule has 1 saturated heterocycles. The molecule has 1 aromatic carbocycles. The third-order valence-corrected chi connectivity index (χ3v) is 3.64. The van der Waals surface area contributed by atoms with Gasteiger partial charge in [-0.3, -0.25) is 9.59 Å². The molecule has 1 atom stereocenters. The normalized spacial score (nSPS) is 17.5. The second-order valence-electron chi connectivity index (χ2n) is 4.85. The molecule has 0 bridgehead atoms. The lowest BCUT2D eigenvalue weighted by Gasteiger charge is -2.26. The van der Waals surface area contributed by atoms with Crippen LogP contribution in [0.25, 0.3) is 0 Å². The van der Waals surface area contributed by atoms with Crippen LogP contribution in [0.5, 0.6) is 0 Å². The predicted molar refractivity (Wildman–Crippen MR) is 85.5 cm³/mol. The Kier molecular flexibility index (Phi) is 6.65. The number of hydrogen-bond donors (Lipinski definition) is 1. The van der Waals surface area contributed by atoms with Gasteiger partial charge in [-0.25, -0.2) is 0 Å². The molecule has 2 rings (SSSR count). The topological polar surface area (TPSA) is 66.6 Å². The van der Waals surface area contributed by atoms with Crippen LogP contribution in [0.15, 0.2) is 30.3 Å². The van der Waals surface area contributed by atoms with Crippen LogP contribution in [0.4, 0.5) is 5.69 Å². The Morgan fingerprint density at radius 1 is 1.38 bits per heavy atom. The molecule has 0 aliphatic carbocycles. The fraction of sp³-hybridized carbons (Fsp3) is 0.467. The van der Waals surface area contributed by atoms with E-state index < -0.39 is 0 Å². The second-order valence-corrected chi connectivity index (χ2v) is 4.85. The zero-order valence-electron chi connectivity index (χ0n) is 12.2. The largest absolute Gasteiger partial charge is 0.331 e.